The fourth-order valence-electron chi connectivity index (χ4n) is 2.08. The van der Waals surface area contributed by atoms with Gasteiger partial charge in [-0.15, -0.1) is 0 Å². The summed E-state index contributed by atoms with van der Waals surface area (Å²) in [4.78, 5) is 25.6. The molecule has 21 heavy (non-hydrogen) atoms. The van der Waals surface area contributed by atoms with E-state index in [1.165, 1.54) is 11.0 Å². The van der Waals surface area contributed by atoms with E-state index in [-0.39, 0.29) is 11.5 Å². The van der Waals surface area contributed by atoms with Crippen molar-refractivity contribution in [3.63, 3.8) is 0 Å². The number of nitrogens with zero attached hydrogens (tertiary/aromatic N) is 3. The van der Waals surface area contributed by atoms with Crippen molar-refractivity contribution in [3.8, 4) is 5.69 Å². The Hall–Kier alpha value is -2.56. The van der Waals surface area contributed by atoms with Crippen LogP contribution in [-0.4, -0.2) is 34.3 Å². The molecule has 2 rings (SSSR count). The summed E-state index contributed by atoms with van der Waals surface area (Å²) in [5.74, 6) is -0.149. The molecule has 0 bridgehead atoms. The van der Waals surface area contributed by atoms with Crippen molar-refractivity contribution in [1.29, 1.82) is 0 Å². The number of amides is 1. The molecule has 1 heterocycles. The Morgan fingerprint density at radius 1 is 1.19 bits per heavy atom. The monoisotopic (exact) mass is 285 g/mol. The van der Waals surface area contributed by atoms with Crippen molar-refractivity contribution in [1.82, 2.24) is 14.3 Å². The fourth-order valence-corrected chi connectivity index (χ4v) is 2.08. The second kappa shape index (κ2) is 5.83. The number of para-hydroxylation sites is 1. The van der Waals surface area contributed by atoms with E-state index in [0.29, 0.717) is 5.56 Å². The van der Waals surface area contributed by atoms with E-state index in [0.717, 1.165) is 11.4 Å². The average molecular weight is 285 g/mol. The highest BCUT2D eigenvalue weighted by Crippen LogP contribution is 2.11. The normalized spacial score (nSPS) is 11.0. The topological polar surface area (TPSA) is 47.2 Å². The lowest BCUT2D eigenvalue weighted by atomic mass is 10.2. The van der Waals surface area contributed by atoms with E-state index in [1.54, 1.807) is 29.5 Å². The largest absolute Gasteiger partial charge is 0.345 e. The third-order valence-corrected chi connectivity index (χ3v) is 3.43. The number of carbonyl (C=O) groups excluding carboxylic acids is 1. The van der Waals surface area contributed by atoms with Gasteiger partial charge in [-0.05, 0) is 25.1 Å². The number of hydrogen-bond donors (Lipinski definition) is 0. The van der Waals surface area contributed by atoms with Gasteiger partial charge < -0.3 is 4.90 Å². The highest BCUT2D eigenvalue weighted by Gasteiger charge is 2.14. The third-order valence-electron chi connectivity index (χ3n) is 3.43. The third kappa shape index (κ3) is 2.81. The van der Waals surface area contributed by atoms with Gasteiger partial charge in [-0.3, -0.25) is 14.3 Å². The molecule has 0 spiro atoms. The standard InChI is InChI=1S/C16H19N3O2/c1-12-14(10-11-15(20)17(2)3)16(21)19(18(12)4)13-8-6-5-7-9-13/h5-11H,1-4H3/b11-10+. The first kappa shape index (κ1) is 14.8. The first-order valence-corrected chi connectivity index (χ1v) is 6.67. The molecule has 0 radical (unpaired) electrons. The molecule has 0 fully saturated rings. The van der Waals surface area contributed by atoms with E-state index in [4.69, 9.17) is 0 Å². The minimum atomic E-state index is -0.149. The summed E-state index contributed by atoms with van der Waals surface area (Å²) >= 11 is 0. The summed E-state index contributed by atoms with van der Waals surface area (Å²) in [5.41, 5.74) is 2.00. The molecule has 0 N–H and O–H groups in total. The molecule has 110 valence electrons. The van der Waals surface area contributed by atoms with Crippen LogP contribution >= 0.6 is 0 Å². The van der Waals surface area contributed by atoms with Gasteiger partial charge in [0.05, 0.1) is 11.3 Å². The Kier molecular flexibility index (Phi) is 4.12. The van der Waals surface area contributed by atoms with Crippen LogP contribution in [0, 0.1) is 6.92 Å². The Labute approximate surface area is 123 Å². The van der Waals surface area contributed by atoms with Gasteiger partial charge in [0, 0.05) is 32.9 Å². The van der Waals surface area contributed by atoms with Crippen molar-refractivity contribution >= 4 is 12.0 Å². The van der Waals surface area contributed by atoms with Crippen LogP contribution in [0.2, 0.25) is 0 Å². The van der Waals surface area contributed by atoms with Crippen LogP contribution in [0.25, 0.3) is 11.8 Å². The van der Waals surface area contributed by atoms with Crippen LogP contribution in [0.3, 0.4) is 0 Å². The molecule has 0 atom stereocenters. The molecule has 0 aliphatic rings. The maximum absolute atomic E-state index is 12.6. The molecule has 0 aliphatic heterocycles. The summed E-state index contributed by atoms with van der Waals surface area (Å²) in [6, 6.07) is 9.42. The summed E-state index contributed by atoms with van der Waals surface area (Å²) in [5, 5.41) is 0. The van der Waals surface area contributed by atoms with E-state index in [2.05, 4.69) is 0 Å². The molecule has 0 unspecified atom stereocenters. The number of benzene rings is 1. The van der Waals surface area contributed by atoms with Crippen LogP contribution in [0.5, 0.6) is 0 Å². The number of carbonyl (C=O) groups is 1. The summed E-state index contributed by atoms with van der Waals surface area (Å²) in [6.07, 6.45) is 3.00. The second-order valence-electron chi connectivity index (χ2n) is 5.04. The maximum Gasteiger partial charge on any atom is 0.278 e. The number of aromatic nitrogens is 2. The number of rotatable bonds is 3. The van der Waals surface area contributed by atoms with Crippen molar-refractivity contribution in [2.75, 3.05) is 14.1 Å². The van der Waals surface area contributed by atoms with E-state index >= 15 is 0 Å². The first-order chi connectivity index (χ1) is 9.93. The molecule has 1 aromatic carbocycles. The number of likely N-dealkylation sites (N-methyl/N-ethyl adjacent to an activating group) is 1. The minimum absolute atomic E-state index is 0.135. The quantitative estimate of drug-likeness (QED) is 0.804. The Bertz CT molecular complexity index is 737. The first-order valence-electron chi connectivity index (χ1n) is 6.67. The Morgan fingerprint density at radius 3 is 2.38 bits per heavy atom. The van der Waals surface area contributed by atoms with Gasteiger partial charge in [0.2, 0.25) is 5.91 Å². The molecule has 2 aromatic rings. The van der Waals surface area contributed by atoms with Gasteiger partial charge in [0.25, 0.3) is 5.56 Å². The Balaban J connectivity index is 2.52. The summed E-state index contributed by atoms with van der Waals surface area (Å²) in [6.45, 7) is 1.86. The fraction of sp³-hybridized carbons (Fsp3) is 0.250. The van der Waals surface area contributed by atoms with Crippen LogP contribution in [0.1, 0.15) is 11.3 Å². The van der Waals surface area contributed by atoms with Crippen LogP contribution in [0.4, 0.5) is 0 Å². The zero-order chi connectivity index (χ0) is 15.6. The van der Waals surface area contributed by atoms with Gasteiger partial charge >= 0.3 is 0 Å². The SMILES string of the molecule is Cc1c(/C=C/C(=O)N(C)C)c(=O)n(-c2ccccc2)n1C. The van der Waals surface area contributed by atoms with Gasteiger partial charge in [-0.2, -0.15) is 0 Å². The maximum atomic E-state index is 12.6. The van der Waals surface area contributed by atoms with Crippen molar-refractivity contribution in [2.24, 2.45) is 7.05 Å². The lowest BCUT2D eigenvalue weighted by Gasteiger charge is -2.07. The summed E-state index contributed by atoms with van der Waals surface area (Å²) in [7, 11) is 5.17. The lowest BCUT2D eigenvalue weighted by molar-refractivity contribution is -0.123. The zero-order valence-corrected chi connectivity index (χ0v) is 12.7. The molecule has 1 aromatic heterocycles. The predicted molar refractivity (Wildman–Crippen MR) is 83.5 cm³/mol. The molecule has 0 saturated heterocycles. The minimum Gasteiger partial charge on any atom is -0.345 e. The van der Waals surface area contributed by atoms with Gasteiger partial charge in [-0.1, -0.05) is 18.2 Å². The van der Waals surface area contributed by atoms with Gasteiger partial charge in [0.15, 0.2) is 0 Å². The molecular weight excluding hydrogens is 266 g/mol. The van der Waals surface area contributed by atoms with E-state index < -0.39 is 0 Å². The van der Waals surface area contributed by atoms with Gasteiger partial charge in [0.1, 0.15) is 0 Å². The average Bonchev–Trinajstić information content (AvgIpc) is 2.68. The molecular formula is C16H19N3O2. The molecule has 5 nitrogen and oxygen atoms in total. The van der Waals surface area contributed by atoms with Crippen molar-refractivity contribution < 1.29 is 4.79 Å². The molecule has 0 saturated carbocycles. The van der Waals surface area contributed by atoms with Crippen molar-refractivity contribution in [3.05, 3.63) is 58.0 Å². The van der Waals surface area contributed by atoms with Crippen molar-refractivity contribution in [2.45, 2.75) is 6.92 Å². The van der Waals surface area contributed by atoms with Crippen LogP contribution < -0.4 is 5.56 Å². The predicted octanol–water partition coefficient (Wildman–Crippen LogP) is 1.59. The van der Waals surface area contributed by atoms with Crippen LogP contribution in [0.15, 0.2) is 41.2 Å². The second-order valence-corrected chi connectivity index (χ2v) is 5.04. The Morgan fingerprint density at radius 2 is 1.81 bits per heavy atom. The summed E-state index contributed by atoms with van der Waals surface area (Å²) < 4.78 is 3.38. The lowest BCUT2D eigenvalue weighted by Crippen LogP contribution is -2.20. The van der Waals surface area contributed by atoms with Crippen LogP contribution in [-0.2, 0) is 11.8 Å². The van der Waals surface area contributed by atoms with E-state index in [9.17, 15) is 9.59 Å². The molecule has 0 aliphatic carbocycles. The van der Waals surface area contributed by atoms with Gasteiger partial charge in [-0.25, -0.2) is 4.68 Å². The smallest absolute Gasteiger partial charge is 0.278 e. The zero-order valence-electron chi connectivity index (χ0n) is 12.7. The molecule has 5 heteroatoms. The van der Waals surface area contributed by atoms with E-state index in [1.807, 2.05) is 44.3 Å². The highest BCUT2D eigenvalue weighted by molar-refractivity contribution is 5.91. The molecule has 1 amide bonds. The number of hydrogen-bond acceptors (Lipinski definition) is 2. The highest BCUT2D eigenvalue weighted by atomic mass is 16.2.